The third-order valence-electron chi connectivity index (χ3n) is 4.07. The lowest BCUT2D eigenvalue weighted by atomic mass is 10.1. The zero-order valence-electron chi connectivity index (χ0n) is 13.5. The highest BCUT2D eigenvalue weighted by molar-refractivity contribution is 5.90. The summed E-state index contributed by atoms with van der Waals surface area (Å²) in [5.74, 6) is 0. The second-order valence-corrected chi connectivity index (χ2v) is 6.01. The zero-order valence-corrected chi connectivity index (χ0v) is 13.5. The lowest BCUT2D eigenvalue weighted by Gasteiger charge is -2.11. The summed E-state index contributed by atoms with van der Waals surface area (Å²) < 4.78 is 1.74. The van der Waals surface area contributed by atoms with E-state index in [1.165, 1.54) is 0 Å². The average Bonchev–Trinajstić information content (AvgIpc) is 2.65. The van der Waals surface area contributed by atoms with Crippen molar-refractivity contribution in [2.24, 2.45) is 0 Å². The molecule has 4 nitrogen and oxygen atoms in total. The van der Waals surface area contributed by atoms with Crippen LogP contribution in [0.25, 0.3) is 21.7 Å². The monoisotopic (exact) mass is 308 g/mol. The lowest BCUT2D eigenvalue weighted by Crippen LogP contribution is -2.21. The Labute approximate surface area is 134 Å². The Morgan fingerprint density at radius 2 is 1.48 bits per heavy atom. The topological polar surface area (TPSA) is 42.3 Å². The lowest BCUT2D eigenvalue weighted by molar-refractivity contribution is 0.387. The minimum Gasteiger partial charge on any atom is -0.309 e. The Morgan fingerprint density at radius 1 is 0.870 bits per heavy atom. The highest BCUT2D eigenvalue weighted by Gasteiger charge is 2.10. The fourth-order valence-electron chi connectivity index (χ4n) is 2.94. The summed E-state index contributed by atoms with van der Waals surface area (Å²) in [6.45, 7) is 1.48. The predicted octanol–water partition coefficient (Wildman–Crippen LogP) is 2.47. The quantitative estimate of drug-likeness (QED) is 0.743. The number of nitrogens with zero attached hydrogens (tertiary/aromatic N) is 2. The van der Waals surface area contributed by atoms with Gasteiger partial charge >= 0.3 is 0 Å². The molecule has 0 saturated carbocycles. The van der Waals surface area contributed by atoms with E-state index in [2.05, 4.69) is 4.90 Å². The van der Waals surface area contributed by atoms with Gasteiger partial charge in [0.1, 0.15) is 0 Å². The third-order valence-corrected chi connectivity index (χ3v) is 4.07. The van der Waals surface area contributed by atoms with E-state index in [0.717, 1.165) is 13.0 Å². The predicted molar refractivity (Wildman–Crippen MR) is 95.2 cm³/mol. The van der Waals surface area contributed by atoms with Crippen molar-refractivity contribution in [2.45, 2.75) is 13.0 Å². The van der Waals surface area contributed by atoms with Gasteiger partial charge in [0.05, 0.1) is 10.9 Å². The molecule has 0 saturated heterocycles. The Hall–Kier alpha value is -2.46. The fraction of sp³-hybridized carbons (Fsp3) is 0.263. The van der Waals surface area contributed by atoms with Gasteiger partial charge in [-0.25, -0.2) is 0 Å². The van der Waals surface area contributed by atoms with E-state index in [-0.39, 0.29) is 11.0 Å². The number of rotatable bonds is 4. The molecule has 118 valence electrons. The van der Waals surface area contributed by atoms with Crippen molar-refractivity contribution in [3.05, 3.63) is 69.1 Å². The van der Waals surface area contributed by atoms with Crippen molar-refractivity contribution in [3.8, 4) is 0 Å². The first kappa shape index (κ1) is 15.4. The van der Waals surface area contributed by atoms with Crippen LogP contribution in [0.4, 0.5) is 0 Å². The molecule has 3 aromatic rings. The maximum Gasteiger partial charge on any atom is 0.259 e. The molecule has 0 unspecified atom stereocenters. The fourth-order valence-corrected chi connectivity index (χ4v) is 2.94. The standard InChI is InChI=1S/C19H20N2O2/c1-20(2)12-7-13-21-17-11-6-5-10-16(17)18(22)14-8-3-4-9-15(14)19(21)23/h3-6,8-11H,7,12-13H2,1-2H3. The molecule has 0 amide bonds. The molecular formula is C19H20N2O2. The molecule has 0 spiro atoms. The highest BCUT2D eigenvalue weighted by atomic mass is 16.1. The van der Waals surface area contributed by atoms with E-state index in [0.29, 0.717) is 28.2 Å². The molecule has 3 rings (SSSR count). The minimum absolute atomic E-state index is 0.0836. The normalized spacial score (nSPS) is 11.4. The van der Waals surface area contributed by atoms with Gasteiger partial charge in [-0.3, -0.25) is 9.59 Å². The molecule has 0 radical (unpaired) electrons. The van der Waals surface area contributed by atoms with Crippen LogP contribution >= 0.6 is 0 Å². The summed E-state index contributed by atoms with van der Waals surface area (Å²) in [6.07, 6.45) is 0.851. The van der Waals surface area contributed by atoms with Crippen LogP contribution in [-0.2, 0) is 6.54 Å². The summed E-state index contributed by atoms with van der Waals surface area (Å²) >= 11 is 0. The highest BCUT2D eigenvalue weighted by Crippen LogP contribution is 2.12. The van der Waals surface area contributed by atoms with Crippen LogP contribution in [0.15, 0.2) is 58.1 Å². The van der Waals surface area contributed by atoms with Crippen LogP contribution in [0.3, 0.4) is 0 Å². The zero-order chi connectivity index (χ0) is 16.4. The largest absolute Gasteiger partial charge is 0.309 e. The van der Waals surface area contributed by atoms with E-state index in [4.69, 9.17) is 0 Å². The second kappa shape index (κ2) is 6.34. The van der Waals surface area contributed by atoms with Crippen LogP contribution in [0.5, 0.6) is 0 Å². The van der Waals surface area contributed by atoms with Crippen LogP contribution in [0, 0.1) is 0 Å². The number of benzene rings is 2. The molecular weight excluding hydrogens is 288 g/mol. The van der Waals surface area contributed by atoms with Crippen molar-refractivity contribution >= 4 is 21.7 Å². The summed E-state index contributed by atoms with van der Waals surface area (Å²) in [4.78, 5) is 27.9. The van der Waals surface area contributed by atoms with Crippen molar-refractivity contribution in [3.63, 3.8) is 0 Å². The maximum absolute atomic E-state index is 13.0. The molecule has 23 heavy (non-hydrogen) atoms. The molecule has 0 aliphatic carbocycles. The number of aryl methyl sites for hydroxylation is 1. The molecule has 0 N–H and O–H groups in total. The smallest absolute Gasteiger partial charge is 0.259 e. The van der Waals surface area contributed by atoms with Gasteiger partial charge < -0.3 is 9.47 Å². The van der Waals surface area contributed by atoms with E-state index >= 15 is 0 Å². The van der Waals surface area contributed by atoms with E-state index < -0.39 is 0 Å². The molecule has 1 aromatic heterocycles. The van der Waals surface area contributed by atoms with Gasteiger partial charge in [-0.05, 0) is 45.3 Å². The minimum atomic E-state index is -0.0994. The Bertz CT molecular complexity index is 974. The first-order valence-electron chi connectivity index (χ1n) is 7.79. The van der Waals surface area contributed by atoms with Crippen LogP contribution in [0.1, 0.15) is 6.42 Å². The van der Waals surface area contributed by atoms with Crippen LogP contribution in [-0.4, -0.2) is 30.1 Å². The van der Waals surface area contributed by atoms with Crippen LogP contribution < -0.4 is 11.0 Å². The van der Waals surface area contributed by atoms with Gasteiger partial charge in [-0.15, -0.1) is 0 Å². The van der Waals surface area contributed by atoms with Gasteiger partial charge in [0.25, 0.3) is 5.56 Å². The summed E-state index contributed by atoms with van der Waals surface area (Å²) in [5.41, 5.74) is 0.523. The molecule has 0 atom stereocenters. The number of para-hydroxylation sites is 1. The maximum atomic E-state index is 13.0. The first-order valence-corrected chi connectivity index (χ1v) is 7.79. The number of hydrogen-bond acceptors (Lipinski definition) is 3. The SMILES string of the molecule is CN(C)CCCn1c(=O)c2ccccc2c(=O)c2ccccc21. The third kappa shape index (κ3) is 2.90. The first-order chi connectivity index (χ1) is 11.1. The summed E-state index contributed by atoms with van der Waals surface area (Å²) in [5, 5.41) is 1.56. The molecule has 0 aliphatic rings. The number of hydrogen-bond donors (Lipinski definition) is 0. The Kier molecular flexibility index (Phi) is 4.26. The Balaban J connectivity index is 2.36. The molecule has 1 heterocycles. The van der Waals surface area contributed by atoms with E-state index in [1.54, 1.807) is 34.9 Å². The molecule has 0 bridgehead atoms. The van der Waals surface area contributed by atoms with Crippen LogP contribution in [0.2, 0.25) is 0 Å². The molecule has 0 fully saturated rings. The van der Waals surface area contributed by atoms with Gasteiger partial charge in [-0.1, -0.05) is 30.3 Å². The van der Waals surface area contributed by atoms with Gasteiger partial charge in [0.15, 0.2) is 5.43 Å². The summed E-state index contributed by atoms with van der Waals surface area (Å²) in [6, 6.07) is 14.4. The Morgan fingerprint density at radius 3 is 2.17 bits per heavy atom. The summed E-state index contributed by atoms with van der Waals surface area (Å²) in [7, 11) is 4.02. The number of fused-ring (bicyclic) bond motifs is 2. The van der Waals surface area contributed by atoms with Gasteiger partial charge in [0, 0.05) is 17.3 Å². The van der Waals surface area contributed by atoms with E-state index in [1.807, 2.05) is 32.3 Å². The second-order valence-electron chi connectivity index (χ2n) is 6.01. The van der Waals surface area contributed by atoms with Crippen molar-refractivity contribution in [2.75, 3.05) is 20.6 Å². The number of aromatic nitrogens is 1. The molecule has 2 aromatic carbocycles. The van der Waals surface area contributed by atoms with E-state index in [9.17, 15) is 9.59 Å². The van der Waals surface area contributed by atoms with Crippen molar-refractivity contribution in [1.82, 2.24) is 9.47 Å². The molecule has 0 aliphatic heterocycles. The molecule has 4 heteroatoms. The van der Waals surface area contributed by atoms with Gasteiger partial charge in [-0.2, -0.15) is 0 Å². The average molecular weight is 308 g/mol. The van der Waals surface area contributed by atoms with Gasteiger partial charge in [0.2, 0.25) is 0 Å². The van der Waals surface area contributed by atoms with Crippen molar-refractivity contribution < 1.29 is 0 Å². The van der Waals surface area contributed by atoms with Crippen molar-refractivity contribution in [1.29, 1.82) is 0 Å².